The van der Waals surface area contributed by atoms with Gasteiger partial charge in [-0.3, -0.25) is 14.9 Å². The third kappa shape index (κ3) is 3.67. The Kier molecular flexibility index (Phi) is 4.98. The molecular weight excluding hydrogens is 304 g/mol. The summed E-state index contributed by atoms with van der Waals surface area (Å²) in [6, 6.07) is 16.6. The van der Waals surface area contributed by atoms with E-state index in [0.29, 0.717) is 12.3 Å². The SMILES string of the molecule is COCC(NC(=O)c1cc(-c2ccccc2)n[nH]1)c1ccccn1. The predicted octanol–water partition coefficient (Wildman–Crippen LogP) is 2.59. The molecule has 0 aliphatic heterocycles. The van der Waals surface area contributed by atoms with Gasteiger partial charge in [0.05, 0.1) is 24.0 Å². The molecule has 24 heavy (non-hydrogen) atoms. The van der Waals surface area contributed by atoms with Crippen LogP contribution in [-0.2, 0) is 4.74 Å². The molecule has 1 atom stereocenters. The van der Waals surface area contributed by atoms with Crippen LogP contribution in [0.1, 0.15) is 22.2 Å². The lowest BCUT2D eigenvalue weighted by Gasteiger charge is -2.16. The lowest BCUT2D eigenvalue weighted by Crippen LogP contribution is -2.32. The Morgan fingerprint density at radius 1 is 1.21 bits per heavy atom. The van der Waals surface area contributed by atoms with Gasteiger partial charge in [0.1, 0.15) is 5.69 Å². The summed E-state index contributed by atoms with van der Waals surface area (Å²) in [6.07, 6.45) is 1.69. The largest absolute Gasteiger partial charge is 0.382 e. The minimum Gasteiger partial charge on any atom is -0.382 e. The molecule has 2 heterocycles. The average Bonchev–Trinajstić information content (AvgIpc) is 3.13. The van der Waals surface area contributed by atoms with Crippen molar-refractivity contribution in [2.75, 3.05) is 13.7 Å². The molecule has 2 N–H and O–H groups in total. The number of H-pyrrole nitrogens is 1. The maximum Gasteiger partial charge on any atom is 0.269 e. The molecule has 0 aliphatic rings. The fourth-order valence-corrected chi connectivity index (χ4v) is 2.38. The second-order valence-electron chi connectivity index (χ2n) is 5.27. The van der Waals surface area contributed by atoms with Crippen molar-refractivity contribution < 1.29 is 9.53 Å². The van der Waals surface area contributed by atoms with Gasteiger partial charge in [0.15, 0.2) is 0 Å². The molecule has 1 amide bonds. The summed E-state index contributed by atoms with van der Waals surface area (Å²) in [5.74, 6) is -0.252. The van der Waals surface area contributed by atoms with E-state index in [4.69, 9.17) is 4.74 Å². The van der Waals surface area contributed by atoms with Crippen molar-refractivity contribution in [2.24, 2.45) is 0 Å². The fourth-order valence-electron chi connectivity index (χ4n) is 2.38. The van der Waals surface area contributed by atoms with Crippen LogP contribution < -0.4 is 5.32 Å². The highest BCUT2D eigenvalue weighted by Gasteiger charge is 2.18. The second-order valence-corrected chi connectivity index (χ2v) is 5.27. The molecule has 3 rings (SSSR count). The minimum atomic E-state index is -0.327. The molecular formula is C18H18N4O2. The van der Waals surface area contributed by atoms with E-state index >= 15 is 0 Å². The Hall–Kier alpha value is -2.99. The Morgan fingerprint density at radius 2 is 2.00 bits per heavy atom. The molecule has 6 heteroatoms. The second kappa shape index (κ2) is 7.52. The molecule has 122 valence electrons. The molecule has 0 saturated heterocycles. The molecule has 0 saturated carbocycles. The first-order valence-electron chi connectivity index (χ1n) is 7.59. The number of hydrogen-bond acceptors (Lipinski definition) is 4. The van der Waals surface area contributed by atoms with E-state index in [0.717, 1.165) is 17.0 Å². The number of methoxy groups -OCH3 is 1. The van der Waals surface area contributed by atoms with Crippen LogP contribution in [0.3, 0.4) is 0 Å². The van der Waals surface area contributed by atoms with Gasteiger partial charge in [-0.25, -0.2) is 0 Å². The van der Waals surface area contributed by atoms with Gasteiger partial charge in [0.2, 0.25) is 0 Å². The number of aromatic nitrogens is 3. The summed E-state index contributed by atoms with van der Waals surface area (Å²) < 4.78 is 5.19. The first kappa shape index (κ1) is 15.9. The van der Waals surface area contributed by atoms with Crippen molar-refractivity contribution in [3.63, 3.8) is 0 Å². The monoisotopic (exact) mass is 322 g/mol. The van der Waals surface area contributed by atoms with Crippen molar-refractivity contribution >= 4 is 5.91 Å². The summed E-state index contributed by atoms with van der Waals surface area (Å²) >= 11 is 0. The van der Waals surface area contributed by atoms with Gasteiger partial charge >= 0.3 is 0 Å². The van der Waals surface area contributed by atoms with E-state index in [-0.39, 0.29) is 11.9 Å². The summed E-state index contributed by atoms with van der Waals surface area (Å²) in [7, 11) is 1.59. The molecule has 0 spiro atoms. The number of aromatic amines is 1. The number of ether oxygens (including phenoxy) is 1. The third-order valence-corrected chi connectivity index (χ3v) is 3.58. The van der Waals surface area contributed by atoms with E-state index < -0.39 is 0 Å². The number of benzene rings is 1. The van der Waals surface area contributed by atoms with Crippen LogP contribution in [0.25, 0.3) is 11.3 Å². The molecule has 1 aromatic carbocycles. The highest BCUT2D eigenvalue weighted by atomic mass is 16.5. The predicted molar refractivity (Wildman–Crippen MR) is 90.3 cm³/mol. The first-order valence-corrected chi connectivity index (χ1v) is 7.59. The van der Waals surface area contributed by atoms with Crippen LogP contribution >= 0.6 is 0 Å². The zero-order valence-electron chi connectivity index (χ0n) is 13.3. The summed E-state index contributed by atoms with van der Waals surface area (Å²) in [5.41, 5.74) is 2.81. The lowest BCUT2D eigenvalue weighted by molar-refractivity contribution is 0.0889. The van der Waals surface area contributed by atoms with Gasteiger partial charge in [-0.1, -0.05) is 36.4 Å². The van der Waals surface area contributed by atoms with Crippen LogP contribution in [0.5, 0.6) is 0 Å². The molecule has 3 aromatic rings. The van der Waals surface area contributed by atoms with Gasteiger partial charge in [-0.15, -0.1) is 0 Å². The zero-order valence-corrected chi connectivity index (χ0v) is 13.3. The van der Waals surface area contributed by atoms with E-state index in [2.05, 4.69) is 20.5 Å². The molecule has 2 aromatic heterocycles. The molecule has 0 fully saturated rings. The fraction of sp³-hybridized carbons (Fsp3) is 0.167. The standard InChI is InChI=1S/C18H18N4O2/c1-24-12-17(14-9-5-6-10-19-14)20-18(23)16-11-15(21-22-16)13-7-3-2-4-8-13/h2-11,17H,12H2,1H3,(H,20,23)(H,21,22). The Balaban J connectivity index is 1.75. The van der Waals surface area contributed by atoms with Crippen molar-refractivity contribution in [3.8, 4) is 11.3 Å². The van der Waals surface area contributed by atoms with Gasteiger partial charge in [-0.2, -0.15) is 5.10 Å². The molecule has 0 aliphatic carbocycles. The quantitative estimate of drug-likeness (QED) is 0.731. The van der Waals surface area contributed by atoms with Crippen LogP contribution in [-0.4, -0.2) is 34.8 Å². The van der Waals surface area contributed by atoms with Crippen LogP contribution in [0.15, 0.2) is 60.8 Å². The highest BCUT2D eigenvalue weighted by molar-refractivity contribution is 5.93. The number of nitrogens with zero attached hydrogens (tertiary/aromatic N) is 2. The summed E-state index contributed by atoms with van der Waals surface area (Å²) in [6.45, 7) is 0.336. The summed E-state index contributed by atoms with van der Waals surface area (Å²) in [4.78, 5) is 16.8. The number of nitrogens with one attached hydrogen (secondary N) is 2. The van der Waals surface area contributed by atoms with Crippen molar-refractivity contribution in [3.05, 3.63) is 72.2 Å². The van der Waals surface area contributed by atoms with Crippen molar-refractivity contribution in [2.45, 2.75) is 6.04 Å². The Labute approximate surface area is 139 Å². The lowest BCUT2D eigenvalue weighted by atomic mass is 10.1. The Morgan fingerprint density at radius 3 is 2.71 bits per heavy atom. The smallest absolute Gasteiger partial charge is 0.269 e. The van der Waals surface area contributed by atoms with Gasteiger partial charge < -0.3 is 10.1 Å². The van der Waals surface area contributed by atoms with Crippen molar-refractivity contribution in [1.29, 1.82) is 0 Å². The van der Waals surface area contributed by atoms with E-state index in [1.807, 2.05) is 48.5 Å². The van der Waals surface area contributed by atoms with Gasteiger partial charge in [0, 0.05) is 18.9 Å². The van der Waals surface area contributed by atoms with Crippen LogP contribution in [0, 0.1) is 0 Å². The molecule has 1 unspecified atom stereocenters. The topological polar surface area (TPSA) is 79.9 Å². The number of hydrogen-bond donors (Lipinski definition) is 2. The third-order valence-electron chi connectivity index (χ3n) is 3.58. The van der Waals surface area contributed by atoms with E-state index in [9.17, 15) is 4.79 Å². The molecule has 6 nitrogen and oxygen atoms in total. The van der Waals surface area contributed by atoms with Crippen molar-refractivity contribution in [1.82, 2.24) is 20.5 Å². The number of pyridine rings is 1. The summed E-state index contributed by atoms with van der Waals surface area (Å²) in [5, 5.41) is 9.90. The highest BCUT2D eigenvalue weighted by Crippen LogP contribution is 2.17. The van der Waals surface area contributed by atoms with Crippen LogP contribution in [0.4, 0.5) is 0 Å². The van der Waals surface area contributed by atoms with E-state index in [1.165, 1.54) is 0 Å². The van der Waals surface area contributed by atoms with E-state index in [1.54, 1.807) is 19.4 Å². The number of rotatable bonds is 6. The van der Waals surface area contributed by atoms with Gasteiger partial charge in [-0.05, 0) is 18.2 Å². The normalized spacial score (nSPS) is 11.9. The molecule has 0 radical (unpaired) electrons. The molecule has 0 bridgehead atoms. The number of carbonyl (C=O) groups excluding carboxylic acids is 1. The van der Waals surface area contributed by atoms with Crippen LogP contribution in [0.2, 0.25) is 0 Å². The number of amides is 1. The number of carbonyl (C=O) groups is 1. The maximum absolute atomic E-state index is 12.5. The minimum absolute atomic E-state index is 0.252. The maximum atomic E-state index is 12.5. The Bertz CT molecular complexity index is 787. The van der Waals surface area contributed by atoms with Gasteiger partial charge in [0.25, 0.3) is 5.91 Å². The zero-order chi connectivity index (χ0) is 16.8. The first-order chi connectivity index (χ1) is 11.8. The average molecular weight is 322 g/mol.